The van der Waals surface area contributed by atoms with E-state index in [0.717, 1.165) is 5.69 Å². The number of aromatic nitrogens is 3. The molecule has 0 N–H and O–H groups in total. The molecular weight excluding hydrogens is 170 g/mol. The van der Waals surface area contributed by atoms with E-state index in [4.69, 9.17) is 0 Å². The molecule has 0 spiro atoms. The predicted octanol–water partition coefficient (Wildman–Crippen LogP) is 0.939. The minimum atomic E-state index is 0.716. The average molecular weight is 176 g/mol. The summed E-state index contributed by atoms with van der Waals surface area (Å²) in [5.41, 5.74) is 1.66. The van der Waals surface area contributed by atoms with E-state index in [1.165, 1.54) is 0 Å². The van der Waals surface area contributed by atoms with Crippen molar-refractivity contribution in [2.24, 2.45) is 0 Å². The lowest BCUT2D eigenvalue weighted by molar-refractivity contribution is 0.707. The highest BCUT2D eigenvalue weighted by molar-refractivity contribution is 9.08. The molecule has 0 aliphatic carbocycles. The van der Waals surface area contributed by atoms with E-state index in [9.17, 15) is 0 Å². The zero-order valence-electron chi connectivity index (χ0n) is 4.50. The summed E-state index contributed by atoms with van der Waals surface area (Å²) < 4.78 is 1.72. The van der Waals surface area contributed by atoms with E-state index in [2.05, 4.69) is 26.2 Å². The molecule has 1 aromatic heterocycles. The molecule has 0 bridgehead atoms. The van der Waals surface area contributed by atoms with Crippen molar-refractivity contribution in [2.75, 3.05) is 0 Å². The van der Waals surface area contributed by atoms with E-state index in [-0.39, 0.29) is 0 Å². The fraction of sp³-hybridized carbons (Fsp3) is 0.500. The number of hydrogen-bond acceptors (Lipinski definition) is 2. The Morgan fingerprint density at radius 1 is 1.88 bits per heavy atom. The Morgan fingerprint density at radius 3 is 2.88 bits per heavy atom. The molecule has 0 saturated heterocycles. The fourth-order valence-corrected chi connectivity index (χ4v) is 0.699. The molecule has 8 heavy (non-hydrogen) atoms. The first kappa shape index (κ1) is 5.75. The Hall–Kier alpha value is -0.380. The van der Waals surface area contributed by atoms with Gasteiger partial charge < -0.3 is 0 Å². The van der Waals surface area contributed by atoms with E-state index in [1.54, 1.807) is 4.68 Å². The molecule has 4 heteroatoms. The van der Waals surface area contributed by atoms with Crippen LogP contribution < -0.4 is 0 Å². The van der Waals surface area contributed by atoms with Crippen LogP contribution in [0.25, 0.3) is 0 Å². The van der Waals surface area contributed by atoms with E-state index < -0.39 is 0 Å². The van der Waals surface area contributed by atoms with E-state index >= 15 is 0 Å². The summed E-state index contributed by atoms with van der Waals surface area (Å²) in [7, 11) is 0. The van der Waals surface area contributed by atoms with Crippen molar-refractivity contribution in [1.82, 2.24) is 15.0 Å². The number of nitrogens with zero attached hydrogens (tertiary/aromatic N) is 3. The quantitative estimate of drug-likeness (QED) is 0.596. The van der Waals surface area contributed by atoms with Crippen molar-refractivity contribution in [3.63, 3.8) is 0 Å². The Balaban J connectivity index is 2.84. The van der Waals surface area contributed by atoms with Gasteiger partial charge in [0.05, 0.1) is 11.1 Å². The van der Waals surface area contributed by atoms with Crippen LogP contribution in [0.2, 0.25) is 0 Å². The second kappa shape index (κ2) is 2.26. The van der Waals surface area contributed by atoms with Crippen LogP contribution in [0.1, 0.15) is 5.69 Å². The van der Waals surface area contributed by atoms with Crippen molar-refractivity contribution < 1.29 is 0 Å². The Morgan fingerprint density at radius 2 is 2.62 bits per heavy atom. The zero-order valence-corrected chi connectivity index (χ0v) is 6.09. The van der Waals surface area contributed by atoms with Crippen molar-refractivity contribution in [3.8, 4) is 0 Å². The summed E-state index contributed by atoms with van der Waals surface area (Å²) in [4.78, 5) is 0. The van der Waals surface area contributed by atoms with Gasteiger partial charge in [0, 0.05) is 6.20 Å². The van der Waals surface area contributed by atoms with Crippen molar-refractivity contribution in [2.45, 2.75) is 12.4 Å². The Bertz CT molecular complexity index is 172. The molecule has 0 radical (unpaired) electrons. The van der Waals surface area contributed by atoms with Gasteiger partial charge in [0.25, 0.3) is 0 Å². The lowest BCUT2D eigenvalue weighted by Gasteiger charge is -1.84. The molecule has 0 saturated carbocycles. The van der Waals surface area contributed by atoms with Crippen LogP contribution in [0.5, 0.6) is 0 Å². The first-order valence-electron chi connectivity index (χ1n) is 2.25. The van der Waals surface area contributed by atoms with E-state index in [0.29, 0.717) is 5.45 Å². The fourth-order valence-electron chi connectivity index (χ4n) is 0.454. The van der Waals surface area contributed by atoms with Crippen LogP contribution >= 0.6 is 15.9 Å². The summed E-state index contributed by atoms with van der Waals surface area (Å²) >= 11 is 3.23. The number of rotatable bonds is 1. The third-order valence-electron chi connectivity index (χ3n) is 0.776. The summed E-state index contributed by atoms with van der Waals surface area (Å²) in [6.45, 7) is 1.91. The molecule has 3 nitrogen and oxygen atoms in total. The SMILES string of the molecule is Cc1cn(CBr)nn1. The van der Waals surface area contributed by atoms with Crippen LogP contribution in [0.3, 0.4) is 0 Å². The molecule has 1 aromatic rings. The van der Waals surface area contributed by atoms with Gasteiger partial charge in [-0.05, 0) is 6.92 Å². The van der Waals surface area contributed by atoms with E-state index in [1.807, 2.05) is 13.1 Å². The third-order valence-corrected chi connectivity index (χ3v) is 1.29. The summed E-state index contributed by atoms with van der Waals surface area (Å²) in [6.07, 6.45) is 1.87. The molecule has 1 rings (SSSR count). The van der Waals surface area contributed by atoms with Gasteiger partial charge in [-0.3, -0.25) is 0 Å². The van der Waals surface area contributed by atoms with Gasteiger partial charge in [0.15, 0.2) is 0 Å². The number of aryl methyl sites for hydroxylation is 1. The third kappa shape index (κ3) is 1.06. The predicted molar refractivity (Wildman–Crippen MR) is 33.7 cm³/mol. The van der Waals surface area contributed by atoms with Gasteiger partial charge in [0.1, 0.15) is 0 Å². The highest BCUT2D eigenvalue weighted by Crippen LogP contribution is 1.91. The van der Waals surface area contributed by atoms with Gasteiger partial charge >= 0.3 is 0 Å². The van der Waals surface area contributed by atoms with Gasteiger partial charge in [-0.1, -0.05) is 21.1 Å². The van der Waals surface area contributed by atoms with Gasteiger partial charge in [0.2, 0.25) is 0 Å². The maximum absolute atomic E-state index is 3.77. The molecule has 0 aliphatic heterocycles. The lowest BCUT2D eigenvalue weighted by atomic mass is 10.6. The van der Waals surface area contributed by atoms with Crippen LogP contribution in [0, 0.1) is 6.92 Å². The maximum atomic E-state index is 3.77. The average Bonchev–Trinajstić information content (AvgIpc) is 2.14. The molecule has 1 heterocycles. The normalized spacial score (nSPS) is 9.75. The standard InChI is InChI=1S/C4H6BrN3/c1-4-2-8(3-5)7-6-4/h2H,3H2,1H3. The summed E-state index contributed by atoms with van der Waals surface area (Å²) in [6, 6.07) is 0. The van der Waals surface area contributed by atoms with Crippen LogP contribution in [0.4, 0.5) is 0 Å². The Labute approximate surface area is 55.8 Å². The summed E-state index contributed by atoms with van der Waals surface area (Å²) in [5.74, 6) is 0. The second-order valence-corrected chi connectivity index (χ2v) is 2.02. The molecule has 0 amide bonds. The first-order chi connectivity index (χ1) is 3.83. The second-order valence-electron chi connectivity index (χ2n) is 1.52. The van der Waals surface area contributed by atoms with Crippen LogP contribution in [0.15, 0.2) is 6.20 Å². The molecule has 44 valence electrons. The van der Waals surface area contributed by atoms with Gasteiger partial charge in [-0.25, -0.2) is 4.68 Å². The van der Waals surface area contributed by atoms with Gasteiger partial charge in [-0.2, -0.15) is 0 Å². The number of hydrogen-bond donors (Lipinski definition) is 0. The van der Waals surface area contributed by atoms with Crippen LogP contribution in [-0.4, -0.2) is 15.0 Å². The highest BCUT2D eigenvalue weighted by atomic mass is 79.9. The van der Waals surface area contributed by atoms with Crippen LogP contribution in [-0.2, 0) is 5.45 Å². The smallest absolute Gasteiger partial charge is 0.0977 e. The van der Waals surface area contributed by atoms with Gasteiger partial charge in [-0.15, -0.1) is 5.10 Å². The molecule has 0 aliphatic rings. The maximum Gasteiger partial charge on any atom is 0.0977 e. The first-order valence-corrected chi connectivity index (χ1v) is 3.38. The minimum Gasteiger partial charge on any atom is -0.242 e. The zero-order chi connectivity index (χ0) is 5.98. The molecule has 0 aromatic carbocycles. The molecule has 0 fully saturated rings. The number of halogens is 1. The van der Waals surface area contributed by atoms with Crippen molar-refractivity contribution >= 4 is 15.9 Å². The molecular formula is C4H6BrN3. The van der Waals surface area contributed by atoms with Crippen molar-refractivity contribution in [1.29, 1.82) is 0 Å². The molecule has 0 atom stereocenters. The number of alkyl halides is 1. The largest absolute Gasteiger partial charge is 0.242 e. The highest BCUT2D eigenvalue weighted by Gasteiger charge is 1.88. The Kier molecular flexibility index (Phi) is 1.62. The van der Waals surface area contributed by atoms with Crippen molar-refractivity contribution in [3.05, 3.63) is 11.9 Å². The summed E-state index contributed by atoms with van der Waals surface area (Å²) in [5, 5.41) is 7.52. The topological polar surface area (TPSA) is 30.7 Å². The lowest BCUT2D eigenvalue weighted by Crippen LogP contribution is -1.90. The molecule has 0 unspecified atom stereocenters. The monoisotopic (exact) mass is 175 g/mol. The minimum absolute atomic E-state index is 0.716.